The van der Waals surface area contributed by atoms with Gasteiger partial charge in [0.05, 0.1) is 5.56 Å². The molecule has 0 aliphatic carbocycles. The molecular weight excluding hydrogens is 278 g/mol. The Bertz CT molecular complexity index is 599. The fraction of sp³-hybridized carbons (Fsp3) is 0.294. The second kappa shape index (κ2) is 8.02. The molecule has 0 spiro atoms. The van der Waals surface area contributed by atoms with E-state index >= 15 is 0 Å². The number of carbonyl (C=O) groups is 1. The number of allylic oxidation sites excluding steroid dienone is 2. The van der Waals surface area contributed by atoms with Crippen LogP contribution < -0.4 is 5.32 Å². The number of hydrogen-bond acceptors (Lipinski definition) is 4. The number of carboxylic acid groups (broad SMARTS) is 1. The molecule has 0 saturated heterocycles. The summed E-state index contributed by atoms with van der Waals surface area (Å²) in [6.07, 6.45) is 2.53. The molecule has 0 aliphatic rings. The van der Waals surface area contributed by atoms with E-state index in [0.717, 1.165) is 22.8 Å². The molecule has 0 unspecified atom stereocenters. The summed E-state index contributed by atoms with van der Waals surface area (Å²) in [5.41, 5.74) is 3.06. The predicted octanol–water partition coefficient (Wildman–Crippen LogP) is 3.24. The number of hydrogen-bond donors (Lipinski definition) is 2. The Balaban J connectivity index is 3.20. The molecule has 1 rings (SSSR count). The van der Waals surface area contributed by atoms with E-state index in [4.69, 9.17) is 5.11 Å². The first-order valence-corrected chi connectivity index (χ1v) is 6.96. The first-order chi connectivity index (χ1) is 10.4. The van der Waals surface area contributed by atoms with Crippen LogP contribution >= 0.6 is 0 Å². The van der Waals surface area contributed by atoms with Crippen LogP contribution in [0.3, 0.4) is 0 Å². The summed E-state index contributed by atoms with van der Waals surface area (Å²) in [4.78, 5) is 17.1. The Morgan fingerprint density at radius 3 is 2.36 bits per heavy atom. The highest BCUT2D eigenvalue weighted by Gasteiger charge is 2.12. The van der Waals surface area contributed by atoms with Gasteiger partial charge in [0.25, 0.3) is 0 Å². The highest BCUT2D eigenvalue weighted by molar-refractivity contribution is 5.99. The third-order valence-corrected chi connectivity index (χ3v) is 3.25. The fourth-order valence-electron chi connectivity index (χ4n) is 1.99. The minimum absolute atomic E-state index is 0.263. The van der Waals surface area contributed by atoms with E-state index in [-0.39, 0.29) is 5.56 Å². The standard InChI is InChI=1S/C17H23N3O2/c1-6-7-15(12(2)18-3)16(20(4)5)19-14-10-8-13(9-11-14)17(21)22/h6,8-11,19H,1,7H2,2-5H3,(H,21,22)/b16-15-,18-12?. The third-order valence-electron chi connectivity index (χ3n) is 3.25. The van der Waals surface area contributed by atoms with Crippen LogP contribution in [-0.2, 0) is 0 Å². The zero-order chi connectivity index (χ0) is 16.7. The topological polar surface area (TPSA) is 64.9 Å². The lowest BCUT2D eigenvalue weighted by molar-refractivity contribution is 0.0697. The minimum atomic E-state index is -0.934. The quantitative estimate of drug-likeness (QED) is 0.599. The van der Waals surface area contributed by atoms with E-state index in [1.807, 2.05) is 32.0 Å². The van der Waals surface area contributed by atoms with E-state index in [0.29, 0.717) is 6.42 Å². The van der Waals surface area contributed by atoms with E-state index in [9.17, 15) is 4.79 Å². The van der Waals surface area contributed by atoms with Gasteiger partial charge in [0.15, 0.2) is 0 Å². The average molecular weight is 301 g/mol. The lowest BCUT2D eigenvalue weighted by Crippen LogP contribution is -2.23. The molecule has 0 radical (unpaired) electrons. The molecule has 0 fully saturated rings. The minimum Gasteiger partial charge on any atom is -0.478 e. The van der Waals surface area contributed by atoms with Crippen LogP contribution in [0.5, 0.6) is 0 Å². The molecule has 2 N–H and O–H groups in total. The second-order valence-electron chi connectivity index (χ2n) is 5.03. The molecule has 0 saturated carbocycles. The third kappa shape index (κ3) is 4.48. The van der Waals surface area contributed by atoms with Gasteiger partial charge in [-0.25, -0.2) is 4.79 Å². The molecule has 5 nitrogen and oxygen atoms in total. The van der Waals surface area contributed by atoms with E-state index in [1.165, 1.54) is 0 Å². The van der Waals surface area contributed by atoms with E-state index < -0.39 is 5.97 Å². The lowest BCUT2D eigenvalue weighted by atomic mass is 10.1. The Kier molecular flexibility index (Phi) is 6.38. The molecule has 0 heterocycles. The van der Waals surface area contributed by atoms with E-state index in [2.05, 4.69) is 16.9 Å². The van der Waals surface area contributed by atoms with Crippen molar-refractivity contribution in [3.8, 4) is 0 Å². The summed E-state index contributed by atoms with van der Waals surface area (Å²) < 4.78 is 0. The molecule has 118 valence electrons. The molecular formula is C17H23N3O2. The van der Waals surface area contributed by atoms with Gasteiger partial charge in [-0.15, -0.1) is 6.58 Å². The zero-order valence-corrected chi connectivity index (χ0v) is 13.6. The van der Waals surface area contributed by atoms with Crippen LogP contribution in [0.15, 0.2) is 53.3 Å². The Hall–Kier alpha value is -2.56. The van der Waals surface area contributed by atoms with Crippen molar-refractivity contribution >= 4 is 17.4 Å². The Morgan fingerprint density at radius 2 is 1.95 bits per heavy atom. The zero-order valence-electron chi connectivity index (χ0n) is 13.6. The van der Waals surface area contributed by atoms with Crippen LogP contribution in [-0.4, -0.2) is 42.8 Å². The fourth-order valence-corrected chi connectivity index (χ4v) is 1.99. The number of nitrogens with one attached hydrogen (secondary N) is 1. The maximum atomic E-state index is 10.9. The molecule has 1 aromatic rings. The maximum Gasteiger partial charge on any atom is 0.335 e. The second-order valence-corrected chi connectivity index (χ2v) is 5.03. The summed E-state index contributed by atoms with van der Waals surface area (Å²) >= 11 is 0. The van der Waals surface area contributed by atoms with Crippen LogP contribution in [0.1, 0.15) is 23.7 Å². The normalized spacial score (nSPS) is 12.5. The average Bonchev–Trinajstić information content (AvgIpc) is 2.50. The van der Waals surface area contributed by atoms with Gasteiger partial charge >= 0.3 is 5.97 Å². The lowest BCUT2D eigenvalue weighted by Gasteiger charge is -2.23. The number of benzene rings is 1. The monoisotopic (exact) mass is 301 g/mol. The van der Waals surface area contributed by atoms with Gasteiger partial charge in [0.1, 0.15) is 5.82 Å². The summed E-state index contributed by atoms with van der Waals surface area (Å²) in [6, 6.07) is 6.64. The van der Waals surface area contributed by atoms with Gasteiger partial charge in [-0.05, 0) is 37.6 Å². The van der Waals surface area contributed by atoms with Gasteiger partial charge < -0.3 is 15.3 Å². The van der Waals surface area contributed by atoms with Crippen molar-refractivity contribution in [2.24, 2.45) is 4.99 Å². The smallest absolute Gasteiger partial charge is 0.335 e. The number of nitrogens with zero attached hydrogens (tertiary/aromatic N) is 2. The molecule has 22 heavy (non-hydrogen) atoms. The SMILES string of the molecule is C=CC/C(C(C)=NC)=C(\Nc1ccc(C(=O)O)cc1)N(C)C. The number of aromatic carboxylic acids is 1. The number of rotatable bonds is 7. The first kappa shape index (κ1) is 17.5. The van der Waals surface area contributed by atoms with Crippen LogP contribution in [0.2, 0.25) is 0 Å². The molecule has 0 bridgehead atoms. The van der Waals surface area contributed by atoms with Crippen molar-refractivity contribution in [2.75, 3.05) is 26.5 Å². The maximum absolute atomic E-state index is 10.9. The Morgan fingerprint density at radius 1 is 1.36 bits per heavy atom. The largest absolute Gasteiger partial charge is 0.478 e. The van der Waals surface area contributed by atoms with Crippen molar-refractivity contribution < 1.29 is 9.90 Å². The number of aliphatic imine (C=N–C) groups is 1. The van der Waals surface area contributed by atoms with E-state index in [1.54, 1.807) is 31.3 Å². The van der Waals surface area contributed by atoms with Crippen LogP contribution in [0, 0.1) is 0 Å². The molecule has 0 aliphatic heterocycles. The molecule has 5 heteroatoms. The van der Waals surface area contributed by atoms with Crippen molar-refractivity contribution in [3.63, 3.8) is 0 Å². The molecule has 0 atom stereocenters. The predicted molar refractivity (Wildman–Crippen MR) is 91.6 cm³/mol. The number of anilines is 1. The molecule has 0 amide bonds. The highest BCUT2D eigenvalue weighted by atomic mass is 16.4. The molecule has 0 aromatic heterocycles. The molecule has 1 aromatic carbocycles. The summed E-state index contributed by atoms with van der Waals surface area (Å²) in [7, 11) is 5.65. The summed E-state index contributed by atoms with van der Waals surface area (Å²) in [5, 5.41) is 12.3. The van der Waals surface area contributed by atoms with Crippen molar-refractivity contribution in [3.05, 3.63) is 53.9 Å². The van der Waals surface area contributed by atoms with Crippen molar-refractivity contribution in [2.45, 2.75) is 13.3 Å². The summed E-state index contributed by atoms with van der Waals surface area (Å²) in [5.74, 6) is -0.0256. The van der Waals surface area contributed by atoms with Gasteiger partial charge in [0, 0.05) is 38.1 Å². The number of carboxylic acids is 1. The van der Waals surface area contributed by atoms with Crippen LogP contribution in [0.25, 0.3) is 0 Å². The van der Waals surface area contributed by atoms with Gasteiger partial charge in [-0.1, -0.05) is 6.08 Å². The van der Waals surface area contributed by atoms with Gasteiger partial charge in [-0.2, -0.15) is 0 Å². The highest BCUT2D eigenvalue weighted by Crippen LogP contribution is 2.19. The van der Waals surface area contributed by atoms with Crippen LogP contribution in [0.4, 0.5) is 5.69 Å². The first-order valence-electron chi connectivity index (χ1n) is 6.96. The van der Waals surface area contributed by atoms with Gasteiger partial charge in [0.2, 0.25) is 0 Å². The van der Waals surface area contributed by atoms with Crippen molar-refractivity contribution in [1.29, 1.82) is 0 Å². The summed E-state index contributed by atoms with van der Waals surface area (Å²) in [6.45, 7) is 5.75. The Labute approximate surface area is 131 Å². The van der Waals surface area contributed by atoms with Crippen molar-refractivity contribution in [1.82, 2.24) is 4.90 Å². The van der Waals surface area contributed by atoms with Gasteiger partial charge in [-0.3, -0.25) is 4.99 Å².